The maximum Gasteiger partial charge on any atom is 0.417 e. The summed E-state index contributed by atoms with van der Waals surface area (Å²) in [4.78, 5) is 63.3. The summed E-state index contributed by atoms with van der Waals surface area (Å²) in [5, 5.41) is 22.5. The summed E-state index contributed by atoms with van der Waals surface area (Å²) in [6, 6.07) is 17.2. The molecular formula is C50H49F3N6O7S2. The number of thiocarbonyl (C=S) groups is 1. The van der Waals surface area contributed by atoms with E-state index in [1.807, 2.05) is 31.2 Å². The Morgan fingerprint density at radius 2 is 1.68 bits per heavy atom. The molecule has 4 aromatic rings. The van der Waals surface area contributed by atoms with Crippen molar-refractivity contribution >= 4 is 63.5 Å². The highest BCUT2D eigenvalue weighted by Crippen LogP contribution is 2.40. The first-order valence-corrected chi connectivity index (χ1v) is 22.8. The van der Waals surface area contributed by atoms with E-state index < -0.39 is 70.8 Å². The number of aliphatic hydroxyl groups excluding tert-OH is 1. The molecule has 3 aromatic carbocycles. The number of rotatable bonds is 14. The average Bonchev–Trinajstić information content (AvgIpc) is 3.95. The van der Waals surface area contributed by atoms with E-state index in [1.54, 1.807) is 75.7 Å². The molecule has 2 saturated heterocycles. The lowest BCUT2D eigenvalue weighted by atomic mass is 9.85. The van der Waals surface area contributed by atoms with Crippen molar-refractivity contribution in [2.45, 2.75) is 90.7 Å². The minimum atomic E-state index is -4.82. The molecule has 3 heterocycles. The molecule has 354 valence electrons. The fourth-order valence-corrected chi connectivity index (χ4v) is 9.17. The molecule has 3 amide bonds. The summed E-state index contributed by atoms with van der Waals surface area (Å²) in [5.74, 6) is 9.37. The second kappa shape index (κ2) is 21.1. The van der Waals surface area contributed by atoms with Crippen molar-refractivity contribution in [1.82, 2.24) is 15.2 Å². The first-order chi connectivity index (χ1) is 32.1. The lowest BCUT2D eigenvalue weighted by Crippen LogP contribution is -2.57. The molecule has 68 heavy (non-hydrogen) atoms. The third-order valence-electron chi connectivity index (χ3n) is 11.4. The predicted octanol–water partition coefficient (Wildman–Crippen LogP) is 7.02. The molecule has 0 bridgehead atoms. The summed E-state index contributed by atoms with van der Waals surface area (Å²) >= 11 is 7.16. The highest BCUT2D eigenvalue weighted by Gasteiger charge is 2.51. The number of hydrogen-bond acceptors (Lipinski definition) is 11. The first-order valence-electron chi connectivity index (χ1n) is 21.5. The van der Waals surface area contributed by atoms with Crippen LogP contribution in [0.2, 0.25) is 0 Å². The maximum absolute atomic E-state index is 14.0. The number of carbonyl (C=O) groups is 4. The Morgan fingerprint density at radius 1 is 1.01 bits per heavy atom. The number of alkyl halides is 3. The number of ketones is 1. The van der Waals surface area contributed by atoms with E-state index in [0.717, 1.165) is 38.7 Å². The van der Waals surface area contributed by atoms with Crippen LogP contribution in [0, 0.1) is 47.4 Å². The number of hydrogen-bond donors (Lipinski definition) is 2. The standard InChI is InChI=1S/C50H49F3N6O7S2/c1-31-43(68-30-55-31)33-14-11-32(12-15-33)13-22-41(61)40-26-37(60)28-57(40)45(63)44(48(2,3)4)56-42(62)29-65-23-9-7-8-10-24-66-38-20-18-35(19-21-38)59-47(67)58(46(64)49(59,5)6)36-17-16-34(27-54)39(25-36)50(51,52)53/h11-12,14-21,25,30,37,40,44,60H,13,22-24,26,28-29H2,1-6H3,(H,56,62)/t37-,40+,44-/m1/s1. The van der Waals surface area contributed by atoms with Crippen molar-refractivity contribution < 1.29 is 46.9 Å². The highest BCUT2D eigenvalue weighted by atomic mass is 32.1. The number of aliphatic hydroxyl groups is 1. The van der Waals surface area contributed by atoms with Gasteiger partial charge in [0.05, 0.1) is 51.1 Å². The molecule has 3 atom stereocenters. The number of Topliss-reactive ketones (excluding diaryl/α,β-unsaturated/α-hetero) is 1. The predicted molar refractivity (Wildman–Crippen MR) is 254 cm³/mol. The number of carbonyl (C=O) groups excluding carboxylic acids is 4. The van der Waals surface area contributed by atoms with Gasteiger partial charge in [0.15, 0.2) is 10.9 Å². The molecule has 2 N–H and O–H groups in total. The molecule has 2 aliphatic heterocycles. The van der Waals surface area contributed by atoms with E-state index >= 15 is 0 Å². The van der Waals surface area contributed by atoms with E-state index in [2.05, 4.69) is 34.0 Å². The van der Waals surface area contributed by atoms with Crippen LogP contribution in [-0.2, 0) is 36.5 Å². The molecule has 18 heteroatoms. The Morgan fingerprint density at radius 3 is 2.29 bits per heavy atom. The number of amides is 3. The van der Waals surface area contributed by atoms with Crippen molar-refractivity contribution in [3.05, 3.63) is 94.6 Å². The van der Waals surface area contributed by atoms with Crippen LogP contribution in [0.3, 0.4) is 0 Å². The number of ether oxygens (including phenoxy) is 2. The quantitative estimate of drug-likeness (QED) is 0.0758. The monoisotopic (exact) mass is 966 g/mol. The average molecular weight is 967 g/mol. The van der Waals surface area contributed by atoms with Gasteiger partial charge in [-0.05, 0) is 116 Å². The van der Waals surface area contributed by atoms with E-state index in [0.29, 0.717) is 17.9 Å². The number of nitrogens with one attached hydrogen (secondary N) is 1. The van der Waals surface area contributed by atoms with Crippen molar-refractivity contribution in [2.24, 2.45) is 5.41 Å². The Balaban J connectivity index is 0.954. The molecule has 13 nitrogen and oxygen atoms in total. The Kier molecular flexibility index (Phi) is 15.8. The molecule has 2 aliphatic rings. The number of aryl methyl sites for hydroxylation is 2. The number of nitriles is 1. The molecule has 2 fully saturated rings. The smallest absolute Gasteiger partial charge is 0.417 e. The van der Waals surface area contributed by atoms with Crippen LogP contribution >= 0.6 is 23.6 Å². The van der Waals surface area contributed by atoms with E-state index in [-0.39, 0.29) is 49.2 Å². The number of likely N-dealkylation sites (tertiary alicyclic amines) is 1. The Bertz CT molecular complexity index is 2740. The zero-order valence-electron chi connectivity index (χ0n) is 38.2. The van der Waals surface area contributed by atoms with Crippen LogP contribution < -0.4 is 19.9 Å². The number of thiazole rings is 1. The van der Waals surface area contributed by atoms with Crippen LogP contribution in [-0.4, -0.2) is 93.7 Å². The van der Waals surface area contributed by atoms with Crippen molar-refractivity contribution in [3.63, 3.8) is 0 Å². The minimum Gasteiger partial charge on any atom is -0.481 e. The van der Waals surface area contributed by atoms with Crippen molar-refractivity contribution in [2.75, 3.05) is 36.2 Å². The topological polar surface area (TPSA) is 165 Å². The second-order valence-electron chi connectivity index (χ2n) is 17.7. The molecule has 0 saturated carbocycles. The normalized spacial score (nSPS) is 17.2. The van der Waals surface area contributed by atoms with Gasteiger partial charge in [-0.25, -0.2) is 4.98 Å². The van der Waals surface area contributed by atoms with Gasteiger partial charge in [0, 0.05) is 25.1 Å². The number of β-amino-alcohol motifs (C(OH)–C–C–N with tert-alkyl or cyclic N) is 1. The van der Waals surface area contributed by atoms with Gasteiger partial charge in [-0.2, -0.15) is 18.4 Å². The van der Waals surface area contributed by atoms with E-state index in [4.69, 9.17) is 21.7 Å². The van der Waals surface area contributed by atoms with E-state index in [9.17, 15) is 42.7 Å². The van der Waals surface area contributed by atoms with E-state index in [1.165, 1.54) is 21.9 Å². The number of nitrogens with zero attached hydrogens (tertiary/aromatic N) is 5. The van der Waals surface area contributed by atoms with Gasteiger partial charge in [-0.3, -0.25) is 24.1 Å². The molecular weight excluding hydrogens is 918 g/mol. The molecule has 6 rings (SSSR count). The molecule has 1 aromatic heterocycles. The van der Waals surface area contributed by atoms with Gasteiger partial charge >= 0.3 is 6.18 Å². The molecule has 0 unspecified atom stereocenters. The van der Waals surface area contributed by atoms with Gasteiger partial charge in [0.1, 0.15) is 37.2 Å². The summed E-state index contributed by atoms with van der Waals surface area (Å²) < 4.78 is 52.2. The summed E-state index contributed by atoms with van der Waals surface area (Å²) in [6.45, 7) is 9.95. The van der Waals surface area contributed by atoms with Crippen LogP contribution in [0.1, 0.15) is 69.8 Å². The molecule has 0 aliphatic carbocycles. The minimum absolute atomic E-state index is 0.0235. The van der Waals surface area contributed by atoms with Crippen LogP contribution in [0.25, 0.3) is 10.4 Å². The Hall–Kier alpha value is -6.62. The second-order valence-corrected chi connectivity index (χ2v) is 18.9. The van der Waals surface area contributed by atoms with Crippen molar-refractivity contribution in [3.8, 4) is 45.9 Å². The number of aromatic nitrogens is 1. The summed E-state index contributed by atoms with van der Waals surface area (Å²) in [7, 11) is 0. The lowest BCUT2D eigenvalue weighted by Gasteiger charge is -2.35. The number of anilines is 2. The van der Waals surface area contributed by atoms with Gasteiger partial charge in [-0.15, -0.1) is 11.3 Å². The van der Waals surface area contributed by atoms with Gasteiger partial charge < -0.3 is 29.7 Å². The fourth-order valence-electron chi connectivity index (χ4n) is 7.84. The fraction of sp³-hybridized carbons (Fsp3) is 0.380. The van der Waals surface area contributed by atoms with Crippen LogP contribution in [0.15, 0.2) is 72.2 Å². The van der Waals surface area contributed by atoms with Crippen molar-refractivity contribution in [1.29, 1.82) is 5.26 Å². The first kappa shape index (κ1) is 50.8. The zero-order valence-corrected chi connectivity index (χ0v) is 39.8. The van der Waals surface area contributed by atoms with Crippen LogP contribution in [0.5, 0.6) is 5.75 Å². The third-order valence-corrected chi connectivity index (χ3v) is 12.7. The highest BCUT2D eigenvalue weighted by molar-refractivity contribution is 7.81. The summed E-state index contributed by atoms with van der Waals surface area (Å²) in [6.07, 6.45) is -4.92. The third kappa shape index (κ3) is 11.7. The maximum atomic E-state index is 14.0. The SMILES string of the molecule is Cc1ncsc1-c1ccc(CCC(=O)[C@@H]2C[C@@H](O)CN2C(=O)[C@@H](NC(=O)COCC#CC#CCOc2ccc(N3C(=S)N(c4ccc(C#N)c(C(F)(F)F)c4)C(=O)C3(C)C)cc2)C(C)(C)C)cc1. The lowest BCUT2D eigenvalue weighted by molar-refractivity contribution is -0.144. The van der Waals surface area contributed by atoms with Gasteiger partial charge in [0.2, 0.25) is 11.8 Å². The number of halogens is 3. The number of benzene rings is 3. The van der Waals surface area contributed by atoms with Gasteiger partial charge in [-0.1, -0.05) is 51.0 Å². The largest absolute Gasteiger partial charge is 0.481 e. The van der Waals surface area contributed by atoms with Crippen LogP contribution in [0.4, 0.5) is 24.5 Å². The van der Waals surface area contributed by atoms with Gasteiger partial charge in [0.25, 0.3) is 5.91 Å². The Labute approximate surface area is 402 Å². The molecule has 0 radical (unpaired) electrons. The molecule has 0 spiro atoms. The zero-order chi connectivity index (χ0) is 49.6. The summed E-state index contributed by atoms with van der Waals surface area (Å²) in [5.41, 5.74) is 1.41.